The van der Waals surface area contributed by atoms with E-state index >= 15 is 0 Å². The van der Waals surface area contributed by atoms with Gasteiger partial charge in [0.05, 0.1) is 23.3 Å². The molecule has 1 saturated carbocycles. The molecule has 0 unspecified atom stereocenters. The number of amides is 1. The highest BCUT2D eigenvalue weighted by atomic mass is 16.6. The van der Waals surface area contributed by atoms with Crippen molar-refractivity contribution in [2.75, 3.05) is 0 Å². The van der Waals surface area contributed by atoms with Crippen LogP contribution in [0.3, 0.4) is 0 Å². The average molecular weight is 524 g/mol. The number of nitrogens with zero attached hydrogens (tertiary/aromatic N) is 2. The summed E-state index contributed by atoms with van der Waals surface area (Å²) in [4.78, 5) is 25.7. The number of aryl methyl sites for hydroxylation is 1. The summed E-state index contributed by atoms with van der Waals surface area (Å²) in [5.74, 6) is -0.328. The van der Waals surface area contributed by atoms with Gasteiger partial charge in [-0.3, -0.25) is 9.48 Å². The number of fused-ring (bicyclic) bond motifs is 1. The van der Waals surface area contributed by atoms with E-state index in [-0.39, 0.29) is 17.9 Å². The van der Waals surface area contributed by atoms with E-state index in [0.29, 0.717) is 17.7 Å². The van der Waals surface area contributed by atoms with E-state index in [1.54, 1.807) is 6.07 Å². The normalized spacial score (nSPS) is 14.4. The molecule has 6 nitrogen and oxygen atoms in total. The van der Waals surface area contributed by atoms with Gasteiger partial charge in [-0.05, 0) is 81.5 Å². The van der Waals surface area contributed by atoms with Gasteiger partial charge >= 0.3 is 5.97 Å². The van der Waals surface area contributed by atoms with Crippen LogP contribution < -0.4 is 5.32 Å². The van der Waals surface area contributed by atoms with Crippen molar-refractivity contribution < 1.29 is 14.3 Å². The second kappa shape index (κ2) is 11.0. The lowest BCUT2D eigenvalue weighted by Crippen LogP contribution is -2.36. The second-order valence-electron chi connectivity index (χ2n) is 11.5. The molecule has 3 aromatic carbocycles. The van der Waals surface area contributed by atoms with Crippen molar-refractivity contribution in [3.63, 3.8) is 0 Å². The number of carbonyl (C=O) groups is 2. The fourth-order valence-corrected chi connectivity index (χ4v) is 5.33. The minimum Gasteiger partial charge on any atom is -0.456 e. The lowest BCUT2D eigenvalue weighted by Gasteiger charge is -2.22. The maximum Gasteiger partial charge on any atom is 0.339 e. The molecule has 1 heterocycles. The first-order valence-electron chi connectivity index (χ1n) is 13.9. The number of aromatic nitrogens is 2. The van der Waals surface area contributed by atoms with Crippen LogP contribution in [0.25, 0.3) is 22.0 Å². The molecule has 1 aliphatic rings. The molecule has 0 radical (unpaired) electrons. The Hall–Kier alpha value is -3.93. The van der Waals surface area contributed by atoms with Crippen molar-refractivity contribution in [3.8, 4) is 11.1 Å². The van der Waals surface area contributed by atoms with Gasteiger partial charge in [0.2, 0.25) is 0 Å². The zero-order valence-corrected chi connectivity index (χ0v) is 23.3. The molecule has 1 fully saturated rings. The van der Waals surface area contributed by atoms with Crippen LogP contribution in [0.15, 0.2) is 66.7 Å². The molecule has 39 heavy (non-hydrogen) atoms. The fourth-order valence-electron chi connectivity index (χ4n) is 5.33. The monoisotopic (exact) mass is 523 g/mol. The number of carbonyl (C=O) groups excluding carboxylic acids is 2. The lowest BCUT2D eigenvalue weighted by atomic mass is 9.95. The van der Waals surface area contributed by atoms with Gasteiger partial charge in [-0.1, -0.05) is 61.7 Å². The van der Waals surface area contributed by atoms with Crippen molar-refractivity contribution >= 4 is 22.8 Å². The largest absolute Gasteiger partial charge is 0.456 e. The summed E-state index contributed by atoms with van der Waals surface area (Å²) in [6, 6.07) is 21.9. The third-order valence-electron chi connectivity index (χ3n) is 7.28. The van der Waals surface area contributed by atoms with Gasteiger partial charge in [-0.2, -0.15) is 5.10 Å². The number of rotatable bonds is 6. The minimum atomic E-state index is -0.557. The van der Waals surface area contributed by atoms with Crippen molar-refractivity contribution in [1.29, 1.82) is 0 Å². The summed E-state index contributed by atoms with van der Waals surface area (Å²) in [6.45, 7) is 8.20. The standard InChI is InChI=1S/C33H37N3O3/c1-22-29-20-25(31(37)34-26-10-6-5-7-11-26)18-19-30(29)36(35-22)21-23-14-16-24(17-15-23)27-12-8-9-13-28(27)32(38)39-33(2,3)4/h8-9,12-20,26H,5-7,10-11,21H2,1-4H3,(H,34,37). The summed E-state index contributed by atoms with van der Waals surface area (Å²) in [5.41, 5.74) is 5.48. The first kappa shape index (κ1) is 26.7. The highest BCUT2D eigenvalue weighted by molar-refractivity contribution is 5.99. The van der Waals surface area contributed by atoms with Crippen LogP contribution in [0.2, 0.25) is 0 Å². The number of nitrogens with one attached hydrogen (secondary N) is 1. The minimum absolute atomic E-state index is 0.00167. The first-order valence-corrected chi connectivity index (χ1v) is 13.9. The Morgan fingerprint density at radius 2 is 1.69 bits per heavy atom. The molecule has 1 aromatic heterocycles. The van der Waals surface area contributed by atoms with Crippen LogP contribution in [0.1, 0.15) is 84.8 Å². The molecule has 0 bridgehead atoms. The highest BCUT2D eigenvalue weighted by Gasteiger charge is 2.21. The highest BCUT2D eigenvalue weighted by Crippen LogP contribution is 2.27. The predicted molar refractivity (Wildman–Crippen MR) is 155 cm³/mol. The molecule has 0 spiro atoms. The number of ether oxygens (including phenoxy) is 1. The van der Waals surface area contributed by atoms with Crippen LogP contribution in [0.5, 0.6) is 0 Å². The van der Waals surface area contributed by atoms with Gasteiger partial charge in [0.25, 0.3) is 5.91 Å². The SMILES string of the molecule is Cc1nn(Cc2ccc(-c3ccccc3C(=O)OC(C)(C)C)cc2)c2ccc(C(=O)NC3CCCCC3)cc12. The van der Waals surface area contributed by atoms with Crippen LogP contribution in [0, 0.1) is 6.92 Å². The molecule has 6 heteroatoms. The number of benzene rings is 3. The van der Waals surface area contributed by atoms with Gasteiger partial charge in [0.15, 0.2) is 0 Å². The van der Waals surface area contributed by atoms with E-state index < -0.39 is 5.60 Å². The molecule has 1 N–H and O–H groups in total. The fraction of sp³-hybridized carbons (Fsp3) is 0.364. The van der Waals surface area contributed by atoms with Crippen LogP contribution >= 0.6 is 0 Å². The topological polar surface area (TPSA) is 73.2 Å². The Kier molecular flexibility index (Phi) is 7.56. The second-order valence-corrected chi connectivity index (χ2v) is 11.5. The molecule has 1 amide bonds. The average Bonchev–Trinajstić information content (AvgIpc) is 3.23. The summed E-state index contributed by atoms with van der Waals surface area (Å²) < 4.78 is 7.60. The molecule has 5 rings (SSSR count). The quantitative estimate of drug-likeness (QED) is 0.274. The van der Waals surface area contributed by atoms with Crippen LogP contribution in [0.4, 0.5) is 0 Å². The van der Waals surface area contributed by atoms with Gasteiger partial charge in [-0.25, -0.2) is 4.79 Å². The predicted octanol–water partition coefficient (Wildman–Crippen LogP) is 7.08. The number of hydrogen-bond donors (Lipinski definition) is 1. The Morgan fingerprint density at radius 3 is 2.41 bits per heavy atom. The van der Waals surface area contributed by atoms with Crippen molar-refractivity contribution in [3.05, 3.63) is 89.1 Å². The number of esters is 1. The summed E-state index contributed by atoms with van der Waals surface area (Å²) in [6.07, 6.45) is 5.77. The molecule has 1 aliphatic carbocycles. The third-order valence-corrected chi connectivity index (χ3v) is 7.28. The molecule has 0 aliphatic heterocycles. The van der Waals surface area contributed by atoms with E-state index in [9.17, 15) is 9.59 Å². The van der Waals surface area contributed by atoms with Crippen molar-refractivity contribution in [2.24, 2.45) is 0 Å². The number of hydrogen-bond acceptors (Lipinski definition) is 4. The van der Waals surface area contributed by atoms with E-state index in [0.717, 1.165) is 46.1 Å². The van der Waals surface area contributed by atoms with Crippen molar-refractivity contribution in [1.82, 2.24) is 15.1 Å². The van der Waals surface area contributed by atoms with E-state index in [1.807, 2.05) is 80.9 Å². The molecule has 202 valence electrons. The van der Waals surface area contributed by atoms with Gasteiger partial charge < -0.3 is 10.1 Å². The summed E-state index contributed by atoms with van der Waals surface area (Å²) in [7, 11) is 0. The Bertz CT molecular complexity index is 1490. The maximum absolute atomic E-state index is 12.9. The molecular weight excluding hydrogens is 486 g/mol. The summed E-state index contributed by atoms with van der Waals surface area (Å²) >= 11 is 0. The summed E-state index contributed by atoms with van der Waals surface area (Å²) in [5, 5.41) is 8.98. The Morgan fingerprint density at radius 1 is 0.974 bits per heavy atom. The van der Waals surface area contributed by atoms with Crippen LogP contribution in [-0.4, -0.2) is 33.3 Å². The van der Waals surface area contributed by atoms with E-state index in [1.165, 1.54) is 19.3 Å². The maximum atomic E-state index is 12.9. The van der Waals surface area contributed by atoms with E-state index in [2.05, 4.69) is 17.4 Å². The first-order chi connectivity index (χ1) is 18.7. The Balaban J connectivity index is 1.33. The van der Waals surface area contributed by atoms with Gasteiger partial charge in [0, 0.05) is 17.0 Å². The third kappa shape index (κ3) is 6.22. The molecule has 0 saturated heterocycles. The van der Waals surface area contributed by atoms with Crippen LogP contribution in [-0.2, 0) is 11.3 Å². The Labute approximate surface area is 230 Å². The van der Waals surface area contributed by atoms with Crippen molar-refractivity contribution in [2.45, 2.75) is 78.0 Å². The molecule has 0 atom stereocenters. The zero-order valence-electron chi connectivity index (χ0n) is 23.3. The molecular formula is C33H37N3O3. The van der Waals surface area contributed by atoms with Gasteiger partial charge in [-0.15, -0.1) is 0 Å². The molecule has 4 aromatic rings. The lowest BCUT2D eigenvalue weighted by molar-refractivity contribution is 0.00703. The zero-order chi connectivity index (χ0) is 27.6. The van der Waals surface area contributed by atoms with E-state index in [4.69, 9.17) is 9.84 Å². The van der Waals surface area contributed by atoms with Gasteiger partial charge in [0.1, 0.15) is 5.60 Å². The smallest absolute Gasteiger partial charge is 0.339 e.